The predicted molar refractivity (Wildman–Crippen MR) is 222 cm³/mol. The van der Waals surface area contributed by atoms with E-state index in [1.807, 2.05) is 12.1 Å². The van der Waals surface area contributed by atoms with Gasteiger partial charge in [-0.15, -0.1) is 0 Å². The fourth-order valence-corrected chi connectivity index (χ4v) is 8.77. The van der Waals surface area contributed by atoms with Gasteiger partial charge in [-0.3, -0.25) is 4.98 Å². The molecule has 2 unspecified atom stereocenters. The molecule has 3 aromatic heterocycles. The third kappa shape index (κ3) is 4.90. The fourth-order valence-electron chi connectivity index (χ4n) is 8.77. The molecule has 7 aromatic carbocycles. The van der Waals surface area contributed by atoms with Crippen molar-refractivity contribution >= 4 is 88.6 Å². The first kappa shape index (κ1) is 32.4. The van der Waals surface area contributed by atoms with E-state index < -0.39 is 0 Å². The van der Waals surface area contributed by atoms with E-state index in [1.54, 1.807) is 0 Å². The van der Waals surface area contributed by atoms with Crippen LogP contribution in [0.25, 0.3) is 111 Å². The van der Waals surface area contributed by atoms with E-state index in [4.69, 9.17) is 39.9 Å². The fraction of sp³-hybridized carbons (Fsp3) is 0.0417. The van der Waals surface area contributed by atoms with Crippen LogP contribution in [-0.2, 0) is 21.1 Å². The van der Waals surface area contributed by atoms with Crippen LogP contribution < -0.4 is 20.4 Å². The van der Waals surface area contributed by atoms with Crippen molar-refractivity contribution in [2.75, 3.05) is 0 Å². The van der Waals surface area contributed by atoms with Crippen LogP contribution in [0.2, 0.25) is 0 Å². The summed E-state index contributed by atoms with van der Waals surface area (Å²) in [5, 5.41) is 12.5. The van der Waals surface area contributed by atoms with Gasteiger partial charge in [0.25, 0.3) is 0 Å². The van der Waals surface area contributed by atoms with Crippen molar-refractivity contribution in [2.24, 2.45) is 0 Å². The third-order valence-corrected chi connectivity index (χ3v) is 11.5. The van der Waals surface area contributed by atoms with Crippen LogP contribution >= 0.6 is 0 Å². The van der Waals surface area contributed by atoms with Gasteiger partial charge >= 0.3 is 21.1 Å². The molecule has 268 valence electrons. The summed E-state index contributed by atoms with van der Waals surface area (Å²) in [6.07, 6.45) is 4.53. The first-order chi connectivity index (χ1) is 27.7. The van der Waals surface area contributed by atoms with Crippen molar-refractivity contribution < 1.29 is 21.1 Å². The van der Waals surface area contributed by atoms with E-state index in [1.165, 1.54) is 0 Å². The van der Waals surface area contributed by atoms with Gasteiger partial charge in [-0.1, -0.05) is 109 Å². The van der Waals surface area contributed by atoms with Gasteiger partial charge in [-0.25, -0.2) is 4.98 Å². The van der Waals surface area contributed by atoms with E-state index >= 15 is 0 Å². The average molecular weight is 910 g/mol. The molecule has 0 radical (unpaired) electrons. The van der Waals surface area contributed by atoms with Crippen LogP contribution in [0.15, 0.2) is 133 Å². The molecular formula is C48H26N8Pt. The molecule has 10 aromatic rings. The van der Waals surface area contributed by atoms with Crippen molar-refractivity contribution in [1.82, 2.24) is 39.9 Å². The van der Waals surface area contributed by atoms with Gasteiger partial charge in [0.1, 0.15) is 0 Å². The van der Waals surface area contributed by atoms with E-state index in [0.29, 0.717) is 45.9 Å². The van der Waals surface area contributed by atoms with Gasteiger partial charge in [-0.2, -0.15) is 0 Å². The van der Waals surface area contributed by atoms with E-state index in [9.17, 15) is 0 Å². The number of rotatable bonds is 0. The average Bonchev–Trinajstić information content (AvgIpc) is 3.95. The normalized spacial score (nSPS) is 15.5. The predicted octanol–water partition coefficient (Wildman–Crippen LogP) is 8.39. The number of benzene rings is 7. The Balaban J connectivity index is 0.00000356. The van der Waals surface area contributed by atoms with Gasteiger partial charge in [0.15, 0.2) is 0 Å². The number of aromatic nitrogens is 8. The van der Waals surface area contributed by atoms with Crippen LogP contribution in [0.4, 0.5) is 0 Å². The number of nitrogens with zero attached hydrogens (tertiary/aromatic N) is 8. The standard InChI is InChI=1S/C48H26N8.Pt/c1-2-10-26-18-34-33(17-25(26)9-1)41-49-42(34)54-44-37-21-29-13-5-6-14-30(29)22-38(37)46(51-44)56-48-40-24-32-16-8-7-15-31(32)23-39(40)47(52-48)55-45-36-20-28-12-4-3-11-27(28)19-35(36)43(50-45)53-41;/h1-24,33-34H;/q-2;+2. The largest absolute Gasteiger partial charge is 2.00 e. The summed E-state index contributed by atoms with van der Waals surface area (Å²) >= 11 is 0. The Kier molecular flexibility index (Phi) is 6.84. The van der Waals surface area contributed by atoms with Gasteiger partial charge in [0, 0.05) is 45.6 Å². The number of hydrogen-bond donors (Lipinski definition) is 0. The molecular weight excluding hydrogens is 884 g/mol. The molecule has 9 heteroatoms. The van der Waals surface area contributed by atoms with Crippen molar-refractivity contribution in [2.45, 2.75) is 11.8 Å². The second kappa shape index (κ2) is 12.1. The first-order valence-electron chi connectivity index (χ1n) is 18.8. The molecule has 0 saturated carbocycles. The van der Waals surface area contributed by atoms with Crippen LogP contribution in [0, 0.1) is 0 Å². The van der Waals surface area contributed by atoms with Crippen molar-refractivity contribution in [3.63, 3.8) is 0 Å². The molecule has 3 aliphatic rings. The Morgan fingerprint density at radius 2 is 0.684 bits per heavy atom. The SMILES string of the molecule is C1=c2ccccc2=CC2c3nc(nc4[n-]c(nc5nc(nc6[n-]c(n3)c3cc7ccccc7cc63)-c3cc6ccccc6cc3-5)c3cc5ccccc5cc43)C12.[Pt+2]. The molecule has 57 heavy (non-hydrogen) atoms. The second-order valence-corrected chi connectivity index (χ2v) is 14.8. The molecule has 0 N–H and O–H groups in total. The molecule has 1 aliphatic carbocycles. The van der Waals surface area contributed by atoms with Crippen LogP contribution in [-0.4, -0.2) is 29.9 Å². The number of fused-ring (bicyclic) bond motifs is 24. The molecule has 0 amide bonds. The maximum Gasteiger partial charge on any atom is 2.00 e. The van der Waals surface area contributed by atoms with E-state index in [-0.39, 0.29) is 32.9 Å². The Morgan fingerprint density at radius 3 is 1.07 bits per heavy atom. The summed E-state index contributed by atoms with van der Waals surface area (Å²) in [5.41, 5.74) is 4.02. The monoisotopic (exact) mass is 909 g/mol. The van der Waals surface area contributed by atoms with E-state index in [0.717, 1.165) is 75.4 Å². The van der Waals surface area contributed by atoms with Gasteiger partial charge in [0.2, 0.25) is 0 Å². The zero-order valence-electron chi connectivity index (χ0n) is 29.9. The Hall–Kier alpha value is -6.89. The number of hydrogen-bond acceptors (Lipinski definition) is 6. The second-order valence-electron chi connectivity index (χ2n) is 14.8. The Bertz CT molecular complexity index is 3460. The van der Waals surface area contributed by atoms with E-state index in [2.05, 4.69) is 133 Å². The minimum absolute atomic E-state index is 0. The van der Waals surface area contributed by atoms with Crippen molar-refractivity contribution in [1.29, 1.82) is 0 Å². The molecule has 5 heterocycles. The van der Waals surface area contributed by atoms with Crippen molar-refractivity contribution in [3.05, 3.63) is 156 Å². The molecule has 0 fully saturated rings. The minimum Gasteiger partial charge on any atom is -0.357 e. The first-order valence-corrected chi connectivity index (χ1v) is 18.8. The summed E-state index contributed by atoms with van der Waals surface area (Å²) in [5.74, 6) is 2.11. The Morgan fingerprint density at radius 1 is 0.351 bits per heavy atom. The molecule has 2 aliphatic heterocycles. The maximum absolute atomic E-state index is 5.30. The quantitative estimate of drug-likeness (QED) is 0.150. The van der Waals surface area contributed by atoms with Crippen LogP contribution in [0.3, 0.4) is 0 Å². The van der Waals surface area contributed by atoms with Gasteiger partial charge in [0.05, 0.1) is 23.3 Å². The zero-order valence-corrected chi connectivity index (χ0v) is 32.2. The van der Waals surface area contributed by atoms with Crippen LogP contribution in [0.1, 0.15) is 23.5 Å². The molecule has 8 nitrogen and oxygen atoms in total. The van der Waals surface area contributed by atoms with Gasteiger partial charge in [-0.05, 0) is 101 Å². The smallest absolute Gasteiger partial charge is 0.357 e. The van der Waals surface area contributed by atoms with Crippen LogP contribution in [0.5, 0.6) is 0 Å². The summed E-state index contributed by atoms with van der Waals surface area (Å²) < 4.78 is 0. The molecule has 2 atom stereocenters. The van der Waals surface area contributed by atoms with Gasteiger partial charge < -0.3 is 29.9 Å². The summed E-state index contributed by atoms with van der Waals surface area (Å²) in [7, 11) is 0. The molecule has 13 rings (SSSR count). The zero-order chi connectivity index (χ0) is 36.5. The Labute approximate surface area is 338 Å². The molecule has 0 saturated heterocycles. The third-order valence-electron chi connectivity index (χ3n) is 11.5. The molecule has 8 bridgehead atoms. The minimum atomic E-state index is -0.144. The molecule has 0 spiro atoms. The summed E-state index contributed by atoms with van der Waals surface area (Å²) in [6, 6.07) is 46.4. The topological polar surface area (TPSA) is 106 Å². The summed E-state index contributed by atoms with van der Waals surface area (Å²) in [4.78, 5) is 41.8. The maximum atomic E-state index is 5.30. The summed E-state index contributed by atoms with van der Waals surface area (Å²) in [6.45, 7) is 0. The van der Waals surface area contributed by atoms with Crippen molar-refractivity contribution in [3.8, 4) is 22.8 Å².